The van der Waals surface area contributed by atoms with Gasteiger partial charge in [0.2, 0.25) is 35.4 Å². The van der Waals surface area contributed by atoms with Gasteiger partial charge in [0.05, 0.1) is 19.3 Å². The predicted molar refractivity (Wildman–Crippen MR) is 176 cm³/mol. The lowest BCUT2D eigenvalue weighted by Gasteiger charge is -2.28. The third-order valence-electron chi connectivity index (χ3n) is 7.35. The fourth-order valence-electron chi connectivity index (χ4n) is 4.33. The van der Waals surface area contributed by atoms with Gasteiger partial charge in [-0.25, -0.2) is 4.79 Å². The first-order chi connectivity index (χ1) is 22.8. The summed E-state index contributed by atoms with van der Waals surface area (Å²) < 4.78 is 0. The Bertz CT molecular complexity index is 1120. The molecule has 49 heavy (non-hydrogen) atoms. The number of aliphatic hydroxyl groups is 3. The van der Waals surface area contributed by atoms with Crippen molar-refractivity contribution in [1.29, 1.82) is 0 Å². The summed E-state index contributed by atoms with van der Waals surface area (Å²) in [6.45, 7) is 7.75. The Balaban J connectivity index is 5.68. The smallest absolute Gasteiger partial charge is 0.326 e. The van der Waals surface area contributed by atoms with Crippen molar-refractivity contribution in [3.8, 4) is 0 Å². The molecule has 0 radical (unpaired) electrons. The predicted octanol–water partition coefficient (Wildman–Crippen LogP) is -4.48. The fraction of sp³-hybridized carbons (Fsp3) is 0.767. The molecule has 14 N–H and O–H groups in total. The highest BCUT2D eigenvalue weighted by Gasteiger charge is 2.34. The molecule has 0 aliphatic rings. The molecule has 0 aromatic rings. The van der Waals surface area contributed by atoms with Crippen molar-refractivity contribution in [2.24, 2.45) is 23.3 Å². The third-order valence-corrected chi connectivity index (χ3v) is 7.35. The molecule has 0 heterocycles. The average Bonchev–Trinajstić information content (AvgIpc) is 3.02. The van der Waals surface area contributed by atoms with Crippen molar-refractivity contribution in [2.75, 3.05) is 19.8 Å². The van der Waals surface area contributed by atoms with Crippen molar-refractivity contribution in [2.45, 2.75) is 116 Å². The molecule has 0 aromatic carbocycles. The number of carbonyl (C=O) groups excluding carboxylic acids is 6. The van der Waals surface area contributed by atoms with Crippen LogP contribution in [0.4, 0.5) is 0 Å². The zero-order valence-electron chi connectivity index (χ0n) is 29.0. The number of rotatable bonds is 23. The quantitative estimate of drug-likeness (QED) is 0.0447. The first kappa shape index (κ1) is 45.1. The molecule has 8 atom stereocenters. The molecule has 0 aliphatic heterocycles. The zero-order chi connectivity index (χ0) is 38.0. The second-order valence-corrected chi connectivity index (χ2v) is 12.6. The Kier molecular flexibility index (Phi) is 20.9. The number of carboxylic acids is 1. The molecule has 0 bridgehead atoms. The molecule has 282 valence electrons. The van der Waals surface area contributed by atoms with Crippen LogP contribution in [0.2, 0.25) is 0 Å². The maximum atomic E-state index is 13.4. The van der Waals surface area contributed by atoms with Gasteiger partial charge in [0.15, 0.2) is 0 Å². The highest BCUT2D eigenvalue weighted by molar-refractivity contribution is 5.97. The van der Waals surface area contributed by atoms with Gasteiger partial charge < -0.3 is 63.8 Å². The first-order valence-electron chi connectivity index (χ1n) is 16.2. The Labute approximate surface area is 286 Å². The van der Waals surface area contributed by atoms with E-state index in [0.717, 1.165) is 0 Å². The summed E-state index contributed by atoms with van der Waals surface area (Å²) in [5, 5.41) is 52.6. The van der Waals surface area contributed by atoms with Gasteiger partial charge in [-0.1, -0.05) is 27.7 Å². The van der Waals surface area contributed by atoms with E-state index in [4.69, 9.17) is 11.5 Å². The minimum Gasteiger partial charge on any atom is -0.480 e. The summed E-state index contributed by atoms with van der Waals surface area (Å²) in [6, 6.07) is -9.48. The lowest BCUT2D eigenvalue weighted by molar-refractivity contribution is -0.143. The van der Waals surface area contributed by atoms with E-state index < -0.39 is 109 Å². The number of amides is 6. The number of nitrogens with two attached hydrogens (primary N) is 2. The van der Waals surface area contributed by atoms with Crippen molar-refractivity contribution >= 4 is 41.4 Å². The topological polar surface area (TPSA) is 325 Å². The van der Waals surface area contributed by atoms with Crippen LogP contribution in [0.25, 0.3) is 0 Å². The number of aliphatic carboxylic acids is 1. The van der Waals surface area contributed by atoms with Crippen molar-refractivity contribution in [3.05, 3.63) is 0 Å². The molecule has 0 unspecified atom stereocenters. The van der Waals surface area contributed by atoms with Crippen LogP contribution in [0.3, 0.4) is 0 Å². The maximum absolute atomic E-state index is 13.4. The van der Waals surface area contributed by atoms with Crippen molar-refractivity contribution in [3.63, 3.8) is 0 Å². The SMILES string of the molecule is CC(C)C[C@H](NC(=O)[C@H](CCCCN)NC(=O)[C@@H](NC(=O)[C@H](CO)NC(=O)[C@H](CO)NC(=O)[C@H](C)NC(=O)[C@@H](N)[C@@H](C)O)C(C)C)C(=O)O. The minimum atomic E-state index is -1.65. The van der Waals surface area contributed by atoms with E-state index in [1.165, 1.54) is 13.8 Å². The molecule has 19 heteroatoms. The molecule has 19 nitrogen and oxygen atoms in total. The van der Waals surface area contributed by atoms with Crippen LogP contribution in [0.1, 0.15) is 67.2 Å². The molecule has 0 fully saturated rings. The molecule has 0 saturated heterocycles. The van der Waals surface area contributed by atoms with Gasteiger partial charge in [-0.2, -0.15) is 0 Å². The molecule has 0 aromatic heterocycles. The Morgan fingerprint density at radius 1 is 0.612 bits per heavy atom. The Morgan fingerprint density at radius 2 is 1.08 bits per heavy atom. The summed E-state index contributed by atoms with van der Waals surface area (Å²) in [7, 11) is 0. The van der Waals surface area contributed by atoms with Crippen LogP contribution in [0, 0.1) is 11.8 Å². The van der Waals surface area contributed by atoms with Gasteiger partial charge in [0.25, 0.3) is 0 Å². The molecular formula is C30H56N8O11. The van der Waals surface area contributed by atoms with E-state index in [1.54, 1.807) is 27.7 Å². The van der Waals surface area contributed by atoms with Gasteiger partial charge in [0, 0.05) is 0 Å². The maximum Gasteiger partial charge on any atom is 0.326 e. The van der Waals surface area contributed by atoms with Crippen molar-refractivity contribution < 1.29 is 54.0 Å². The number of hydrogen-bond donors (Lipinski definition) is 12. The van der Waals surface area contributed by atoms with Crippen LogP contribution < -0.4 is 43.4 Å². The Morgan fingerprint density at radius 3 is 1.53 bits per heavy atom. The van der Waals surface area contributed by atoms with E-state index in [9.17, 15) is 54.0 Å². The number of carbonyl (C=O) groups is 7. The molecule has 0 aliphatic carbocycles. The first-order valence-corrected chi connectivity index (χ1v) is 16.2. The second kappa shape index (κ2) is 22.7. The van der Waals surface area contributed by atoms with E-state index in [2.05, 4.69) is 31.9 Å². The third kappa shape index (κ3) is 16.4. The largest absolute Gasteiger partial charge is 0.480 e. The number of hydrogen-bond acceptors (Lipinski definition) is 12. The zero-order valence-corrected chi connectivity index (χ0v) is 29.0. The van der Waals surface area contributed by atoms with E-state index >= 15 is 0 Å². The second-order valence-electron chi connectivity index (χ2n) is 12.6. The fourth-order valence-corrected chi connectivity index (χ4v) is 4.33. The number of carboxylic acid groups (broad SMARTS) is 1. The number of unbranched alkanes of at least 4 members (excludes halogenated alkanes) is 1. The average molecular weight is 705 g/mol. The standard InChI is InChI=1S/C30H56N8O11/c1-14(2)11-19(30(48)49)35-25(43)18(9-7-8-10-31)34-29(47)23(15(3)4)38-27(45)21(13-40)37-26(44)20(12-39)36-24(42)16(5)33-28(46)22(32)17(6)41/h14-23,39-41H,7-13,31-32H2,1-6H3,(H,33,46)(H,34,47)(H,35,43)(H,36,42)(H,37,44)(H,38,45)(H,48,49)/t16-,17+,18-,19-,20-,21-,22-,23-/m0/s1. The molecule has 0 rings (SSSR count). The monoisotopic (exact) mass is 704 g/mol. The van der Waals surface area contributed by atoms with Gasteiger partial charge in [-0.3, -0.25) is 28.8 Å². The number of nitrogens with one attached hydrogen (secondary N) is 6. The normalized spacial score (nSPS) is 16.2. The molecule has 6 amide bonds. The summed E-state index contributed by atoms with van der Waals surface area (Å²) in [5.41, 5.74) is 11.1. The van der Waals surface area contributed by atoms with E-state index in [0.29, 0.717) is 19.4 Å². The van der Waals surface area contributed by atoms with Crippen molar-refractivity contribution in [1.82, 2.24) is 31.9 Å². The van der Waals surface area contributed by atoms with Gasteiger partial charge >= 0.3 is 5.97 Å². The van der Waals surface area contributed by atoms with E-state index in [1.807, 2.05) is 0 Å². The summed E-state index contributed by atoms with van der Waals surface area (Å²) in [4.78, 5) is 88.7. The van der Waals surface area contributed by atoms with Crippen LogP contribution >= 0.6 is 0 Å². The van der Waals surface area contributed by atoms with Crippen LogP contribution in [0.15, 0.2) is 0 Å². The summed E-state index contributed by atoms with van der Waals surface area (Å²) in [5.74, 6) is -7.22. The molecule has 0 spiro atoms. The van der Waals surface area contributed by atoms with Crippen LogP contribution in [-0.2, 0) is 33.6 Å². The summed E-state index contributed by atoms with van der Waals surface area (Å²) in [6.07, 6.45) is 0.0230. The highest BCUT2D eigenvalue weighted by Crippen LogP contribution is 2.09. The van der Waals surface area contributed by atoms with Gasteiger partial charge in [-0.05, 0) is 57.9 Å². The van der Waals surface area contributed by atoms with Crippen LogP contribution in [0.5, 0.6) is 0 Å². The molecule has 0 saturated carbocycles. The number of aliphatic hydroxyl groups excluding tert-OH is 3. The van der Waals surface area contributed by atoms with Gasteiger partial charge in [0.1, 0.15) is 42.3 Å². The lowest BCUT2D eigenvalue weighted by Crippen LogP contribution is -2.61. The van der Waals surface area contributed by atoms with E-state index in [-0.39, 0.29) is 18.8 Å². The Hall–Kier alpha value is -3.91. The molecular weight excluding hydrogens is 648 g/mol. The lowest BCUT2D eigenvalue weighted by atomic mass is 10.0. The van der Waals surface area contributed by atoms with Gasteiger partial charge in [-0.15, -0.1) is 0 Å². The highest BCUT2D eigenvalue weighted by atomic mass is 16.4. The summed E-state index contributed by atoms with van der Waals surface area (Å²) >= 11 is 0. The minimum absolute atomic E-state index is 0.0480. The van der Waals surface area contributed by atoms with Crippen LogP contribution in [-0.4, -0.2) is 130 Å².